The van der Waals surface area contributed by atoms with Crippen LogP contribution in [0.5, 0.6) is 0 Å². The zero-order chi connectivity index (χ0) is 5.78. The van der Waals surface area contributed by atoms with Crippen LogP contribution in [0.25, 0.3) is 0 Å². The molecule has 4 N–H and O–H groups in total. The van der Waals surface area contributed by atoms with Crippen LogP contribution < -0.4 is 11.5 Å². The summed E-state index contributed by atoms with van der Waals surface area (Å²) in [6.07, 6.45) is 3.82. The van der Waals surface area contributed by atoms with Crippen LogP contribution in [0, 0.1) is 11.8 Å². The third kappa shape index (κ3) is 0.565. The Morgan fingerprint density at radius 2 is 1.75 bits per heavy atom. The summed E-state index contributed by atoms with van der Waals surface area (Å²) in [5, 5.41) is 0. The highest BCUT2D eigenvalue weighted by atomic mass is 15.1. The molecule has 2 rings (SSSR count). The Morgan fingerprint density at radius 1 is 1.25 bits per heavy atom. The second-order valence-electron chi connectivity index (χ2n) is 3.26. The zero-order valence-corrected chi connectivity index (χ0v) is 4.93. The SMILES string of the molecule is NC1(N)CC1C1CC1. The fourth-order valence-corrected chi connectivity index (χ4v) is 1.43. The minimum absolute atomic E-state index is 0.249. The maximum atomic E-state index is 5.63. The molecular weight excluding hydrogens is 100 g/mol. The lowest BCUT2D eigenvalue weighted by Crippen LogP contribution is -2.36. The minimum Gasteiger partial charge on any atom is -0.313 e. The molecule has 1 unspecified atom stereocenters. The second kappa shape index (κ2) is 1.09. The third-order valence-corrected chi connectivity index (χ3v) is 2.29. The van der Waals surface area contributed by atoms with E-state index in [0.717, 1.165) is 12.3 Å². The van der Waals surface area contributed by atoms with E-state index in [2.05, 4.69) is 0 Å². The Hall–Kier alpha value is -0.0800. The first-order valence-corrected chi connectivity index (χ1v) is 3.28. The average Bonchev–Trinajstić information content (AvgIpc) is 2.37. The molecule has 0 radical (unpaired) electrons. The molecule has 0 aliphatic heterocycles. The molecule has 2 aliphatic rings. The normalized spacial score (nSPS) is 42.0. The lowest BCUT2D eigenvalue weighted by molar-refractivity contribution is 0.570. The van der Waals surface area contributed by atoms with Crippen molar-refractivity contribution in [1.82, 2.24) is 0 Å². The third-order valence-electron chi connectivity index (χ3n) is 2.29. The Labute approximate surface area is 49.2 Å². The first kappa shape index (κ1) is 4.77. The van der Waals surface area contributed by atoms with Gasteiger partial charge >= 0.3 is 0 Å². The number of hydrogen-bond acceptors (Lipinski definition) is 2. The largest absolute Gasteiger partial charge is 0.313 e. The van der Waals surface area contributed by atoms with E-state index in [4.69, 9.17) is 11.5 Å². The Balaban J connectivity index is 1.95. The monoisotopic (exact) mass is 112 g/mol. The van der Waals surface area contributed by atoms with Crippen molar-refractivity contribution in [2.24, 2.45) is 23.3 Å². The van der Waals surface area contributed by atoms with Gasteiger partial charge < -0.3 is 11.5 Å². The van der Waals surface area contributed by atoms with Crippen LogP contribution in [-0.4, -0.2) is 5.66 Å². The molecule has 0 aromatic heterocycles. The van der Waals surface area contributed by atoms with Crippen molar-refractivity contribution in [1.29, 1.82) is 0 Å². The fraction of sp³-hybridized carbons (Fsp3) is 1.00. The van der Waals surface area contributed by atoms with E-state index in [1.807, 2.05) is 0 Å². The lowest BCUT2D eigenvalue weighted by atomic mass is 10.2. The van der Waals surface area contributed by atoms with Gasteiger partial charge in [0.15, 0.2) is 0 Å². The van der Waals surface area contributed by atoms with Crippen LogP contribution in [0.2, 0.25) is 0 Å². The standard InChI is InChI=1S/C6H12N2/c7-6(8)3-5(6)4-1-2-4/h4-5H,1-3,7-8H2. The van der Waals surface area contributed by atoms with E-state index in [0.29, 0.717) is 5.92 Å². The van der Waals surface area contributed by atoms with E-state index >= 15 is 0 Å². The summed E-state index contributed by atoms with van der Waals surface area (Å²) in [4.78, 5) is 0. The van der Waals surface area contributed by atoms with Crippen LogP contribution in [0.1, 0.15) is 19.3 Å². The molecule has 0 aromatic rings. The molecule has 2 heteroatoms. The summed E-state index contributed by atoms with van der Waals surface area (Å²) >= 11 is 0. The summed E-state index contributed by atoms with van der Waals surface area (Å²) < 4.78 is 0. The molecule has 0 saturated heterocycles. The van der Waals surface area contributed by atoms with Crippen molar-refractivity contribution in [2.75, 3.05) is 0 Å². The van der Waals surface area contributed by atoms with Gasteiger partial charge in [0.05, 0.1) is 5.66 Å². The van der Waals surface area contributed by atoms with E-state index in [9.17, 15) is 0 Å². The zero-order valence-electron chi connectivity index (χ0n) is 4.93. The molecule has 2 saturated carbocycles. The fourth-order valence-electron chi connectivity index (χ4n) is 1.43. The van der Waals surface area contributed by atoms with Gasteiger partial charge in [-0.1, -0.05) is 0 Å². The van der Waals surface area contributed by atoms with Gasteiger partial charge in [0.1, 0.15) is 0 Å². The van der Waals surface area contributed by atoms with E-state index < -0.39 is 0 Å². The molecule has 0 heterocycles. The van der Waals surface area contributed by atoms with Crippen LogP contribution in [0.15, 0.2) is 0 Å². The molecule has 2 fully saturated rings. The predicted octanol–water partition coefficient (Wildman–Crippen LogP) is 0.0300. The maximum absolute atomic E-state index is 5.63. The number of hydrogen-bond donors (Lipinski definition) is 2. The Kier molecular flexibility index (Phi) is 0.649. The van der Waals surface area contributed by atoms with E-state index in [1.165, 1.54) is 12.8 Å². The highest BCUT2D eigenvalue weighted by Crippen LogP contribution is 2.52. The summed E-state index contributed by atoms with van der Waals surface area (Å²) in [5.41, 5.74) is 11.0. The average molecular weight is 112 g/mol. The van der Waals surface area contributed by atoms with Crippen molar-refractivity contribution in [3.05, 3.63) is 0 Å². The maximum Gasteiger partial charge on any atom is 0.0673 e. The number of rotatable bonds is 1. The molecular formula is C6H12N2. The van der Waals surface area contributed by atoms with Crippen molar-refractivity contribution in [2.45, 2.75) is 24.9 Å². The highest BCUT2D eigenvalue weighted by molar-refractivity contribution is 5.08. The smallest absolute Gasteiger partial charge is 0.0673 e. The van der Waals surface area contributed by atoms with Crippen LogP contribution >= 0.6 is 0 Å². The molecule has 0 bridgehead atoms. The summed E-state index contributed by atoms with van der Waals surface area (Å²) in [6, 6.07) is 0. The topological polar surface area (TPSA) is 52.0 Å². The predicted molar refractivity (Wildman–Crippen MR) is 31.9 cm³/mol. The second-order valence-corrected chi connectivity index (χ2v) is 3.26. The summed E-state index contributed by atoms with van der Waals surface area (Å²) in [7, 11) is 0. The van der Waals surface area contributed by atoms with Crippen molar-refractivity contribution in [3.8, 4) is 0 Å². The van der Waals surface area contributed by atoms with Crippen LogP contribution in [0.4, 0.5) is 0 Å². The van der Waals surface area contributed by atoms with E-state index in [1.54, 1.807) is 0 Å². The van der Waals surface area contributed by atoms with Gasteiger partial charge in [0.2, 0.25) is 0 Å². The molecule has 8 heavy (non-hydrogen) atoms. The molecule has 1 atom stereocenters. The van der Waals surface area contributed by atoms with Crippen molar-refractivity contribution < 1.29 is 0 Å². The first-order chi connectivity index (χ1) is 3.70. The van der Waals surface area contributed by atoms with E-state index in [-0.39, 0.29) is 5.66 Å². The van der Waals surface area contributed by atoms with Crippen LogP contribution in [-0.2, 0) is 0 Å². The minimum atomic E-state index is -0.249. The molecule has 0 spiro atoms. The number of nitrogens with two attached hydrogens (primary N) is 2. The van der Waals surface area contributed by atoms with Gasteiger partial charge in [-0.25, -0.2) is 0 Å². The molecule has 2 aliphatic carbocycles. The lowest BCUT2D eigenvalue weighted by Gasteiger charge is -1.99. The summed E-state index contributed by atoms with van der Waals surface area (Å²) in [6.45, 7) is 0. The van der Waals surface area contributed by atoms with Gasteiger partial charge in [-0.15, -0.1) is 0 Å². The van der Waals surface area contributed by atoms with Gasteiger partial charge in [-0.2, -0.15) is 0 Å². The van der Waals surface area contributed by atoms with Crippen molar-refractivity contribution in [3.63, 3.8) is 0 Å². The van der Waals surface area contributed by atoms with Gasteiger partial charge in [0.25, 0.3) is 0 Å². The molecule has 0 aromatic carbocycles. The van der Waals surface area contributed by atoms with Gasteiger partial charge in [-0.05, 0) is 31.1 Å². The Morgan fingerprint density at radius 3 is 1.88 bits per heavy atom. The highest BCUT2D eigenvalue weighted by Gasteiger charge is 2.55. The van der Waals surface area contributed by atoms with Gasteiger partial charge in [-0.3, -0.25) is 0 Å². The van der Waals surface area contributed by atoms with Crippen LogP contribution in [0.3, 0.4) is 0 Å². The Bertz CT molecular complexity index is 116. The first-order valence-electron chi connectivity index (χ1n) is 3.28. The molecule has 2 nitrogen and oxygen atoms in total. The quantitative estimate of drug-likeness (QED) is 0.470. The van der Waals surface area contributed by atoms with Crippen molar-refractivity contribution >= 4 is 0 Å². The molecule has 46 valence electrons. The van der Waals surface area contributed by atoms with Gasteiger partial charge in [0, 0.05) is 0 Å². The summed E-state index contributed by atoms with van der Waals surface area (Å²) in [5.74, 6) is 1.59. The molecule has 0 amide bonds.